The number of halogens is 3. The van der Waals surface area contributed by atoms with Gasteiger partial charge in [0.25, 0.3) is 0 Å². The van der Waals surface area contributed by atoms with Crippen molar-refractivity contribution in [1.82, 2.24) is 4.98 Å². The normalized spacial score (nSPS) is 13.2. The van der Waals surface area contributed by atoms with E-state index in [9.17, 15) is 18.0 Å². The van der Waals surface area contributed by atoms with Gasteiger partial charge in [0.1, 0.15) is 4.88 Å². The zero-order valence-corrected chi connectivity index (χ0v) is 11.6. The highest BCUT2D eigenvalue weighted by molar-refractivity contribution is 7.17. The summed E-state index contributed by atoms with van der Waals surface area (Å²) >= 11 is 0.661. The molecule has 4 nitrogen and oxygen atoms in total. The highest BCUT2D eigenvalue weighted by Gasteiger charge is 2.40. The van der Waals surface area contributed by atoms with Gasteiger partial charge in [0, 0.05) is 6.04 Å². The molecule has 1 rings (SSSR count). The summed E-state index contributed by atoms with van der Waals surface area (Å²) in [4.78, 5) is 14.4. The van der Waals surface area contributed by atoms with Crippen LogP contribution in [0.15, 0.2) is 0 Å². The van der Waals surface area contributed by atoms with Gasteiger partial charge in [0.05, 0.1) is 6.61 Å². The van der Waals surface area contributed by atoms with Gasteiger partial charge in [0.15, 0.2) is 10.8 Å². The number of rotatable bonds is 5. The van der Waals surface area contributed by atoms with E-state index >= 15 is 0 Å². The average molecular weight is 296 g/mol. The van der Waals surface area contributed by atoms with E-state index in [0.29, 0.717) is 11.3 Å². The third-order valence-electron chi connectivity index (χ3n) is 2.34. The van der Waals surface area contributed by atoms with Crippen molar-refractivity contribution in [2.75, 3.05) is 11.9 Å². The molecular formula is C11H15F3N2O2S. The van der Waals surface area contributed by atoms with E-state index in [0.717, 1.165) is 6.42 Å². The van der Waals surface area contributed by atoms with E-state index in [-0.39, 0.29) is 17.8 Å². The molecule has 0 aliphatic rings. The summed E-state index contributed by atoms with van der Waals surface area (Å²) in [6, 6.07) is -0.0257. The maximum Gasteiger partial charge on any atom is 0.435 e. The maximum atomic E-state index is 12.8. The molecule has 1 N–H and O–H groups in total. The Bertz CT molecular complexity index is 446. The SMILES string of the molecule is CCOC(=O)c1sc(N[C@@H](C)CC)nc1C(F)(F)F. The molecule has 1 atom stereocenters. The van der Waals surface area contributed by atoms with Crippen LogP contribution in [-0.2, 0) is 10.9 Å². The van der Waals surface area contributed by atoms with Crippen molar-refractivity contribution in [3.8, 4) is 0 Å². The van der Waals surface area contributed by atoms with Crippen LogP contribution in [0, 0.1) is 0 Å². The Labute approximate surface area is 113 Å². The van der Waals surface area contributed by atoms with Crippen LogP contribution in [0.3, 0.4) is 0 Å². The lowest BCUT2D eigenvalue weighted by atomic mass is 10.3. The van der Waals surface area contributed by atoms with Gasteiger partial charge < -0.3 is 10.1 Å². The number of ether oxygens (including phenoxy) is 1. The molecule has 19 heavy (non-hydrogen) atoms. The monoisotopic (exact) mass is 296 g/mol. The first-order chi connectivity index (χ1) is 8.79. The molecule has 0 radical (unpaired) electrons. The van der Waals surface area contributed by atoms with Crippen molar-refractivity contribution in [3.05, 3.63) is 10.6 Å². The largest absolute Gasteiger partial charge is 0.462 e. The van der Waals surface area contributed by atoms with Gasteiger partial charge in [-0.15, -0.1) is 0 Å². The number of anilines is 1. The van der Waals surface area contributed by atoms with Crippen molar-refractivity contribution in [1.29, 1.82) is 0 Å². The molecule has 0 saturated heterocycles. The Kier molecular flexibility index (Phi) is 5.16. The molecule has 1 aromatic rings. The van der Waals surface area contributed by atoms with Crippen molar-refractivity contribution in [2.24, 2.45) is 0 Å². The number of hydrogen-bond acceptors (Lipinski definition) is 5. The van der Waals surface area contributed by atoms with E-state index in [2.05, 4.69) is 15.0 Å². The smallest absolute Gasteiger partial charge is 0.435 e. The molecule has 8 heteroatoms. The number of esters is 1. The zero-order chi connectivity index (χ0) is 14.6. The number of aromatic nitrogens is 1. The van der Waals surface area contributed by atoms with E-state index in [1.165, 1.54) is 6.92 Å². The lowest BCUT2D eigenvalue weighted by Gasteiger charge is -2.08. The molecule has 0 fully saturated rings. The van der Waals surface area contributed by atoms with Crippen LogP contribution in [0.2, 0.25) is 0 Å². The molecule has 0 unspecified atom stereocenters. The Balaban J connectivity index is 3.09. The lowest BCUT2D eigenvalue weighted by molar-refractivity contribution is -0.141. The van der Waals surface area contributed by atoms with Crippen LogP contribution < -0.4 is 5.32 Å². The molecule has 0 saturated carbocycles. The molecule has 1 heterocycles. The van der Waals surface area contributed by atoms with Crippen LogP contribution >= 0.6 is 11.3 Å². The zero-order valence-electron chi connectivity index (χ0n) is 10.8. The fourth-order valence-electron chi connectivity index (χ4n) is 1.22. The minimum atomic E-state index is -4.67. The first kappa shape index (κ1) is 15.7. The van der Waals surface area contributed by atoms with Gasteiger partial charge in [-0.1, -0.05) is 18.3 Å². The summed E-state index contributed by atoms with van der Waals surface area (Å²) in [7, 11) is 0. The summed E-state index contributed by atoms with van der Waals surface area (Å²) in [5, 5.41) is 2.89. The Hall–Kier alpha value is -1.31. The first-order valence-electron chi connectivity index (χ1n) is 5.81. The van der Waals surface area contributed by atoms with E-state index < -0.39 is 22.7 Å². The van der Waals surface area contributed by atoms with Gasteiger partial charge in [-0.3, -0.25) is 0 Å². The number of nitrogens with one attached hydrogen (secondary N) is 1. The van der Waals surface area contributed by atoms with E-state index in [1.54, 1.807) is 0 Å². The summed E-state index contributed by atoms with van der Waals surface area (Å²) in [6.07, 6.45) is -3.94. The molecule has 0 aliphatic carbocycles. The molecule has 0 spiro atoms. The molecular weight excluding hydrogens is 281 g/mol. The average Bonchev–Trinajstić information content (AvgIpc) is 2.73. The van der Waals surface area contributed by atoms with E-state index in [1.807, 2.05) is 13.8 Å². The Morgan fingerprint density at radius 3 is 2.58 bits per heavy atom. The molecule has 1 aromatic heterocycles. The topological polar surface area (TPSA) is 51.2 Å². The minimum Gasteiger partial charge on any atom is -0.462 e. The van der Waals surface area contributed by atoms with Gasteiger partial charge in [0.2, 0.25) is 0 Å². The number of thiazole rings is 1. The summed E-state index contributed by atoms with van der Waals surface area (Å²) in [6.45, 7) is 5.26. The van der Waals surface area contributed by atoms with Crippen molar-refractivity contribution >= 4 is 22.4 Å². The number of carbonyl (C=O) groups is 1. The fourth-order valence-corrected chi connectivity index (χ4v) is 2.21. The van der Waals surface area contributed by atoms with Gasteiger partial charge >= 0.3 is 12.1 Å². The predicted octanol–water partition coefficient (Wildman–Crippen LogP) is 3.55. The highest BCUT2D eigenvalue weighted by Crippen LogP contribution is 2.36. The fraction of sp³-hybridized carbons (Fsp3) is 0.636. The predicted molar refractivity (Wildman–Crippen MR) is 66.4 cm³/mol. The maximum absolute atomic E-state index is 12.8. The number of hydrogen-bond donors (Lipinski definition) is 1. The Morgan fingerprint density at radius 2 is 2.11 bits per heavy atom. The second-order valence-electron chi connectivity index (χ2n) is 3.87. The van der Waals surface area contributed by atoms with Crippen molar-refractivity contribution in [2.45, 2.75) is 39.4 Å². The Morgan fingerprint density at radius 1 is 1.47 bits per heavy atom. The third kappa shape index (κ3) is 4.09. The van der Waals surface area contributed by atoms with Crippen LogP contribution in [0.1, 0.15) is 42.6 Å². The van der Waals surface area contributed by atoms with Crippen molar-refractivity contribution in [3.63, 3.8) is 0 Å². The van der Waals surface area contributed by atoms with Crippen LogP contribution in [0.25, 0.3) is 0 Å². The van der Waals surface area contributed by atoms with E-state index in [4.69, 9.17) is 0 Å². The molecule has 0 amide bonds. The molecule has 108 valence electrons. The van der Waals surface area contributed by atoms with Crippen molar-refractivity contribution < 1.29 is 22.7 Å². The summed E-state index contributed by atoms with van der Waals surface area (Å²) < 4.78 is 43.0. The minimum absolute atomic E-state index is 0.0160. The standard InChI is InChI=1S/C11H15F3N2O2S/c1-4-6(3)15-10-16-8(11(12,13)14)7(19-10)9(17)18-5-2/h6H,4-5H2,1-3H3,(H,15,16)/t6-/m0/s1. The van der Waals surface area contributed by atoms with Crippen LogP contribution in [-0.4, -0.2) is 23.6 Å². The first-order valence-corrected chi connectivity index (χ1v) is 6.62. The highest BCUT2D eigenvalue weighted by atomic mass is 32.1. The van der Waals surface area contributed by atoms with Crippen LogP contribution in [0.4, 0.5) is 18.3 Å². The van der Waals surface area contributed by atoms with Gasteiger partial charge in [-0.25, -0.2) is 9.78 Å². The second-order valence-corrected chi connectivity index (χ2v) is 4.87. The molecule has 0 bridgehead atoms. The van der Waals surface area contributed by atoms with Gasteiger partial charge in [-0.05, 0) is 20.3 Å². The summed E-state index contributed by atoms with van der Waals surface area (Å²) in [5.74, 6) is -0.996. The second kappa shape index (κ2) is 6.23. The quantitative estimate of drug-likeness (QED) is 0.844. The molecule has 0 aromatic carbocycles. The van der Waals surface area contributed by atoms with Gasteiger partial charge in [-0.2, -0.15) is 13.2 Å². The lowest BCUT2D eigenvalue weighted by Crippen LogP contribution is -2.15. The number of alkyl halides is 3. The molecule has 0 aliphatic heterocycles. The number of carbonyl (C=O) groups excluding carboxylic acids is 1. The number of nitrogens with zero attached hydrogens (tertiary/aromatic N) is 1. The summed E-state index contributed by atoms with van der Waals surface area (Å²) in [5.41, 5.74) is -1.19. The third-order valence-corrected chi connectivity index (χ3v) is 3.31. The van der Waals surface area contributed by atoms with Crippen LogP contribution in [0.5, 0.6) is 0 Å².